The number of aliphatic hydroxyl groups excluding tert-OH is 2. The Kier molecular flexibility index (Phi) is 9.28. The molecular weight excluding hydrogens is 714 g/mol. The quantitative estimate of drug-likeness (QED) is 0.101. The molecule has 1 saturated heterocycles. The van der Waals surface area contributed by atoms with Crippen molar-refractivity contribution in [3.05, 3.63) is 57.6 Å². The normalized spacial score (nSPS) is 23.1. The van der Waals surface area contributed by atoms with Crippen LogP contribution in [0.2, 0.25) is 10.0 Å². The third-order valence-corrected chi connectivity index (χ3v) is 10.9. The maximum absolute atomic E-state index is 14.5. The van der Waals surface area contributed by atoms with Crippen LogP contribution in [0.1, 0.15) is 40.8 Å². The first-order valence-electron chi connectivity index (χ1n) is 16.0. The topological polar surface area (TPSA) is 187 Å². The molecule has 0 saturated carbocycles. The third kappa shape index (κ3) is 5.37. The minimum absolute atomic E-state index is 0.112. The summed E-state index contributed by atoms with van der Waals surface area (Å²) in [7, 11) is -4.03. The number of para-hydroxylation sites is 2. The molecule has 0 spiro atoms. The number of aliphatic hydroxyl groups is 2. The predicted octanol–water partition coefficient (Wildman–Crippen LogP) is 4.42. The highest BCUT2D eigenvalue weighted by molar-refractivity contribution is 7.46. The molecule has 2 aliphatic heterocycles. The van der Waals surface area contributed by atoms with Gasteiger partial charge in [0.1, 0.15) is 24.4 Å². The Bertz CT molecular complexity index is 2230. The van der Waals surface area contributed by atoms with Gasteiger partial charge in [-0.3, -0.25) is 19.0 Å². The maximum Gasteiger partial charge on any atom is 0.470 e. The molecule has 5 aromatic rings. The number of amides is 2. The summed E-state index contributed by atoms with van der Waals surface area (Å²) in [5.74, 6) is -1.01. The molecule has 7 rings (SSSR count). The summed E-state index contributed by atoms with van der Waals surface area (Å²) in [5.41, 5.74) is 1.64. The largest absolute Gasteiger partial charge is 0.470 e. The van der Waals surface area contributed by atoms with E-state index in [4.69, 9.17) is 37.2 Å². The number of rotatable bonds is 10. The van der Waals surface area contributed by atoms with E-state index in [2.05, 4.69) is 9.88 Å². The van der Waals surface area contributed by atoms with Crippen molar-refractivity contribution in [2.75, 3.05) is 39.9 Å². The molecule has 2 aliphatic rings. The SMILES string of the molecule is CCN(CC)CCN1C(=O)c2c(c3c4cccc(Cl)c4n([C@@H]4O[C@H](CO)[C@@H](OC)[C@H](O)[C@H]4OP(=O)(O)O)c3c3[nH]c4c(Cl)cccc4c23)C1=O. The highest BCUT2D eigenvalue weighted by Gasteiger charge is 2.51. The smallest absolute Gasteiger partial charge is 0.394 e. The average molecular weight is 750 g/mol. The summed E-state index contributed by atoms with van der Waals surface area (Å²) in [6, 6.07) is 10.1. The number of imide groups is 1. The van der Waals surface area contributed by atoms with E-state index < -0.39 is 56.9 Å². The summed E-state index contributed by atoms with van der Waals surface area (Å²) in [6.45, 7) is 5.40. The van der Waals surface area contributed by atoms with Gasteiger partial charge < -0.3 is 43.9 Å². The Hall–Kier alpha value is -3.11. The van der Waals surface area contributed by atoms with Gasteiger partial charge in [0.25, 0.3) is 11.8 Å². The summed E-state index contributed by atoms with van der Waals surface area (Å²) < 4.78 is 30.7. The number of hydrogen-bond acceptors (Lipinski definition) is 9. The first-order chi connectivity index (χ1) is 23.9. The molecule has 266 valence electrons. The molecule has 50 heavy (non-hydrogen) atoms. The number of carbonyl (C=O) groups is 2. The first kappa shape index (κ1) is 35.3. The lowest BCUT2D eigenvalue weighted by Gasteiger charge is -2.44. The number of fused-ring (bicyclic) bond motifs is 10. The Morgan fingerprint density at radius 2 is 1.58 bits per heavy atom. The minimum Gasteiger partial charge on any atom is -0.394 e. The van der Waals surface area contributed by atoms with Gasteiger partial charge in [0.2, 0.25) is 0 Å². The van der Waals surface area contributed by atoms with Gasteiger partial charge in [-0.15, -0.1) is 0 Å². The number of aromatic nitrogens is 2. The molecule has 0 bridgehead atoms. The van der Waals surface area contributed by atoms with E-state index in [1.807, 2.05) is 13.8 Å². The van der Waals surface area contributed by atoms with E-state index in [1.165, 1.54) is 16.6 Å². The molecule has 5 N–H and O–H groups in total. The van der Waals surface area contributed by atoms with Crippen LogP contribution in [0.4, 0.5) is 0 Å². The van der Waals surface area contributed by atoms with Crippen molar-refractivity contribution in [3.63, 3.8) is 0 Å². The average Bonchev–Trinajstić information content (AvgIpc) is 3.71. The highest BCUT2D eigenvalue weighted by Crippen LogP contribution is 2.51. The first-order valence-corrected chi connectivity index (χ1v) is 18.3. The molecule has 5 atom stereocenters. The number of aromatic amines is 1. The molecule has 3 aromatic carbocycles. The number of benzene rings is 3. The summed E-state index contributed by atoms with van der Waals surface area (Å²) in [4.78, 5) is 55.6. The van der Waals surface area contributed by atoms with Gasteiger partial charge in [-0.05, 0) is 25.2 Å². The van der Waals surface area contributed by atoms with E-state index in [-0.39, 0.29) is 33.7 Å². The molecule has 1 fully saturated rings. The Morgan fingerprint density at radius 3 is 2.20 bits per heavy atom. The molecule has 4 heterocycles. The lowest BCUT2D eigenvalue weighted by molar-refractivity contribution is -0.251. The van der Waals surface area contributed by atoms with Gasteiger partial charge in [-0.25, -0.2) is 4.57 Å². The molecule has 0 radical (unpaired) electrons. The van der Waals surface area contributed by atoms with Gasteiger partial charge in [-0.1, -0.05) is 61.3 Å². The second kappa shape index (κ2) is 13.1. The van der Waals surface area contributed by atoms with Gasteiger partial charge in [0.05, 0.1) is 49.8 Å². The van der Waals surface area contributed by atoms with Crippen LogP contribution in [0.25, 0.3) is 43.6 Å². The number of nitrogens with one attached hydrogen (secondary N) is 1. The monoisotopic (exact) mass is 748 g/mol. The highest BCUT2D eigenvalue weighted by atomic mass is 35.5. The number of H-pyrrole nitrogens is 1. The van der Waals surface area contributed by atoms with Crippen LogP contribution in [0, 0.1) is 0 Å². The van der Waals surface area contributed by atoms with E-state index in [0.717, 1.165) is 13.1 Å². The molecule has 2 aromatic heterocycles. The van der Waals surface area contributed by atoms with Crippen LogP contribution in [0.3, 0.4) is 0 Å². The van der Waals surface area contributed by atoms with Crippen LogP contribution >= 0.6 is 31.0 Å². The molecule has 2 amide bonds. The number of methoxy groups -OCH3 is 1. The number of phosphoric acid groups is 1. The number of hydrogen-bond donors (Lipinski definition) is 5. The van der Waals surface area contributed by atoms with Gasteiger partial charge >= 0.3 is 7.82 Å². The van der Waals surface area contributed by atoms with Crippen molar-refractivity contribution in [2.24, 2.45) is 0 Å². The number of phosphoric ester groups is 1. The second-order valence-corrected chi connectivity index (χ2v) is 14.3. The second-order valence-electron chi connectivity index (χ2n) is 12.3. The minimum atomic E-state index is -5.29. The Balaban J connectivity index is 1.62. The van der Waals surface area contributed by atoms with E-state index in [1.54, 1.807) is 36.4 Å². The van der Waals surface area contributed by atoms with E-state index in [0.29, 0.717) is 44.1 Å². The zero-order valence-corrected chi connectivity index (χ0v) is 29.6. The predicted molar refractivity (Wildman–Crippen MR) is 187 cm³/mol. The number of likely N-dealkylation sites (N-methyl/N-ethyl adjacent to an activating group) is 1. The third-order valence-electron chi connectivity index (χ3n) is 9.80. The molecule has 0 aliphatic carbocycles. The fourth-order valence-electron chi connectivity index (χ4n) is 7.55. The van der Waals surface area contributed by atoms with Crippen LogP contribution in [0.5, 0.6) is 0 Å². The number of ether oxygens (including phenoxy) is 2. The molecule has 0 unspecified atom stereocenters. The van der Waals surface area contributed by atoms with Crippen LogP contribution in [-0.4, -0.2) is 115 Å². The fraction of sp³-hybridized carbons (Fsp3) is 0.394. The maximum atomic E-state index is 14.5. The Labute approximate surface area is 295 Å². The van der Waals surface area contributed by atoms with Crippen molar-refractivity contribution in [2.45, 2.75) is 44.5 Å². The standard InChI is InChI=1S/C33H35Cl2N4O10P/c1-4-37(5-2)12-13-38-31(42)22-20-15-8-6-10-17(34)24(15)36-25(20)27-21(23(22)32(38)43)16-9-7-11-18(35)26(16)39(27)33-30(49-50(44,45)46)28(41)29(47-3)19(14-40)48-33/h6-11,19,28-30,33,36,40-41H,4-5,12-14H2,1-3H3,(H2,44,45,46)/t19-,28+,29-,30-,33-/m1/s1. The summed E-state index contributed by atoms with van der Waals surface area (Å²) in [6.07, 6.45) is -7.49. The Morgan fingerprint density at radius 1 is 0.940 bits per heavy atom. The number of nitrogens with zero attached hydrogens (tertiary/aromatic N) is 3. The van der Waals surface area contributed by atoms with E-state index >= 15 is 0 Å². The zero-order valence-electron chi connectivity index (χ0n) is 27.2. The van der Waals surface area contributed by atoms with Crippen molar-refractivity contribution in [1.82, 2.24) is 19.4 Å². The molecule has 14 nitrogen and oxygen atoms in total. The lowest BCUT2D eigenvalue weighted by atomic mass is 9.96. The molecule has 17 heteroatoms. The molecular formula is C33H35Cl2N4O10P. The lowest BCUT2D eigenvalue weighted by Crippen LogP contribution is -2.57. The van der Waals surface area contributed by atoms with Gasteiger partial charge in [0.15, 0.2) is 6.23 Å². The number of carbonyl (C=O) groups excluding carboxylic acids is 2. The van der Waals surface area contributed by atoms with Crippen molar-refractivity contribution in [1.29, 1.82) is 0 Å². The fourth-order valence-corrected chi connectivity index (χ4v) is 8.58. The van der Waals surface area contributed by atoms with Crippen molar-refractivity contribution < 1.29 is 48.2 Å². The zero-order chi connectivity index (χ0) is 35.8. The van der Waals surface area contributed by atoms with Gasteiger partial charge in [-0.2, -0.15) is 0 Å². The van der Waals surface area contributed by atoms with Gasteiger partial charge in [0, 0.05) is 41.7 Å². The van der Waals surface area contributed by atoms with Crippen LogP contribution in [-0.2, 0) is 18.6 Å². The van der Waals surface area contributed by atoms with Crippen LogP contribution < -0.4 is 0 Å². The van der Waals surface area contributed by atoms with Crippen LogP contribution in [0.15, 0.2) is 36.4 Å². The summed E-state index contributed by atoms with van der Waals surface area (Å²) >= 11 is 13.6. The van der Waals surface area contributed by atoms with E-state index in [9.17, 15) is 34.2 Å². The van der Waals surface area contributed by atoms with Crippen molar-refractivity contribution >= 4 is 86.5 Å². The van der Waals surface area contributed by atoms with Crippen molar-refractivity contribution in [3.8, 4) is 0 Å². The summed E-state index contributed by atoms with van der Waals surface area (Å²) in [5, 5.41) is 24.0. The number of halogens is 2.